The number of nitrogen functional groups attached to an aromatic ring is 2. The van der Waals surface area contributed by atoms with Crippen LogP contribution in [0.1, 0.15) is 12.0 Å². The lowest BCUT2D eigenvalue weighted by molar-refractivity contribution is 0.151. The second-order valence-corrected chi connectivity index (χ2v) is 3.90. The Labute approximate surface area is 109 Å². The molecule has 4 nitrogen and oxygen atoms in total. The Kier molecular flexibility index (Phi) is 3.50. The van der Waals surface area contributed by atoms with Crippen molar-refractivity contribution in [2.24, 2.45) is 0 Å². The number of anilines is 2. The molecule has 0 fully saturated rings. The summed E-state index contributed by atoms with van der Waals surface area (Å²) in [6.07, 6.45) is -2.63. The van der Waals surface area contributed by atoms with Gasteiger partial charge in [0.15, 0.2) is 0 Å². The molecule has 0 unspecified atom stereocenters. The normalized spacial score (nSPS) is 10.7. The Hall–Kier alpha value is -2.37. The minimum atomic E-state index is -2.63. The van der Waals surface area contributed by atoms with E-state index in [2.05, 4.69) is 4.98 Å². The van der Waals surface area contributed by atoms with Gasteiger partial charge in [-0.2, -0.15) is 0 Å². The highest BCUT2D eigenvalue weighted by Crippen LogP contribution is 2.37. The second-order valence-electron chi connectivity index (χ2n) is 3.90. The van der Waals surface area contributed by atoms with Gasteiger partial charge in [-0.05, 0) is 18.2 Å². The first-order valence-corrected chi connectivity index (χ1v) is 5.52. The zero-order chi connectivity index (χ0) is 14.0. The number of aromatic nitrogens is 1. The van der Waals surface area contributed by atoms with Gasteiger partial charge < -0.3 is 16.2 Å². The van der Waals surface area contributed by atoms with Gasteiger partial charge in [-0.25, -0.2) is 13.8 Å². The Morgan fingerprint density at radius 3 is 2.47 bits per heavy atom. The van der Waals surface area contributed by atoms with Crippen LogP contribution in [0.3, 0.4) is 0 Å². The third-order valence-corrected chi connectivity index (χ3v) is 2.73. The van der Waals surface area contributed by atoms with Gasteiger partial charge in [-0.1, -0.05) is 12.1 Å². The third-order valence-electron chi connectivity index (χ3n) is 2.73. The molecule has 0 spiro atoms. The van der Waals surface area contributed by atoms with Crippen LogP contribution in [0.15, 0.2) is 30.3 Å². The highest BCUT2D eigenvalue weighted by molar-refractivity contribution is 5.74. The first-order chi connectivity index (χ1) is 9.04. The third kappa shape index (κ3) is 2.42. The molecule has 4 N–H and O–H groups in total. The van der Waals surface area contributed by atoms with Crippen LogP contribution in [0.5, 0.6) is 5.75 Å². The Morgan fingerprint density at radius 2 is 1.89 bits per heavy atom. The molecule has 1 aromatic carbocycles. The second kappa shape index (κ2) is 5.09. The highest BCUT2D eigenvalue weighted by Gasteiger charge is 2.19. The van der Waals surface area contributed by atoms with Crippen molar-refractivity contribution in [1.29, 1.82) is 0 Å². The van der Waals surface area contributed by atoms with E-state index >= 15 is 0 Å². The molecular weight excluding hydrogens is 252 g/mol. The molecule has 19 heavy (non-hydrogen) atoms. The number of hydrogen-bond acceptors (Lipinski definition) is 4. The molecule has 0 aliphatic rings. The lowest BCUT2D eigenvalue weighted by Gasteiger charge is -2.13. The quantitative estimate of drug-likeness (QED) is 0.894. The number of hydrogen-bond donors (Lipinski definition) is 2. The van der Waals surface area contributed by atoms with E-state index in [1.807, 2.05) is 0 Å². The van der Waals surface area contributed by atoms with Crippen LogP contribution < -0.4 is 16.2 Å². The molecule has 2 aromatic rings. The first kappa shape index (κ1) is 13.1. The van der Waals surface area contributed by atoms with Crippen molar-refractivity contribution in [3.05, 3.63) is 35.9 Å². The van der Waals surface area contributed by atoms with Gasteiger partial charge in [0.1, 0.15) is 11.6 Å². The van der Waals surface area contributed by atoms with Crippen LogP contribution in [0.25, 0.3) is 11.3 Å². The van der Waals surface area contributed by atoms with E-state index in [0.29, 0.717) is 17.1 Å². The minimum absolute atomic E-state index is 0.101. The lowest BCUT2D eigenvalue weighted by Crippen LogP contribution is -2.01. The summed E-state index contributed by atoms with van der Waals surface area (Å²) in [6.45, 7) is 0. The number of halogens is 2. The number of nitrogens with zero attached hydrogens (tertiary/aromatic N) is 1. The fraction of sp³-hybridized carbons (Fsp3) is 0.154. The maximum absolute atomic E-state index is 13.1. The molecule has 0 saturated heterocycles. The van der Waals surface area contributed by atoms with Crippen LogP contribution in [0.2, 0.25) is 0 Å². The number of methoxy groups -OCH3 is 1. The Morgan fingerprint density at radius 1 is 1.16 bits per heavy atom. The zero-order valence-electron chi connectivity index (χ0n) is 10.2. The molecule has 1 aromatic heterocycles. The molecular formula is C13H13F2N3O. The zero-order valence-corrected chi connectivity index (χ0v) is 10.2. The fourth-order valence-corrected chi connectivity index (χ4v) is 1.80. The molecule has 0 atom stereocenters. The maximum atomic E-state index is 13.1. The monoisotopic (exact) mass is 265 g/mol. The van der Waals surface area contributed by atoms with E-state index in [0.717, 1.165) is 0 Å². The van der Waals surface area contributed by atoms with Crippen LogP contribution in [0.4, 0.5) is 20.3 Å². The topological polar surface area (TPSA) is 74.2 Å². The summed E-state index contributed by atoms with van der Waals surface area (Å²) in [6, 6.07) is 7.49. The molecule has 0 amide bonds. The Balaban J connectivity index is 2.68. The number of nitrogens with two attached hydrogens (primary N) is 2. The van der Waals surface area contributed by atoms with Crippen molar-refractivity contribution in [1.82, 2.24) is 4.98 Å². The van der Waals surface area contributed by atoms with E-state index in [1.54, 1.807) is 6.07 Å². The summed E-state index contributed by atoms with van der Waals surface area (Å²) in [5.41, 5.74) is 11.9. The fourth-order valence-electron chi connectivity index (χ4n) is 1.80. The molecule has 0 bridgehead atoms. The minimum Gasteiger partial charge on any atom is -0.496 e. The highest BCUT2D eigenvalue weighted by atomic mass is 19.3. The summed E-state index contributed by atoms with van der Waals surface area (Å²) in [7, 11) is 1.41. The largest absolute Gasteiger partial charge is 0.496 e. The van der Waals surface area contributed by atoms with Crippen LogP contribution in [-0.2, 0) is 0 Å². The SMILES string of the molecule is COc1cccc(C(F)F)c1-c1ccc(N)c(N)n1. The first-order valence-electron chi connectivity index (χ1n) is 5.52. The average molecular weight is 265 g/mol. The molecule has 6 heteroatoms. The van der Waals surface area contributed by atoms with Crippen molar-refractivity contribution in [3.8, 4) is 17.0 Å². The lowest BCUT2D eigenvalue weighted by atomic mass is 10.0. The molecule has 0 radical (unpaired) electrons. The van der Waals surface area contributed by atoms with E-state index in [4.69, 9.17) is 16.2 Å². The van der Waals surface area contributed by atoms with Gasteiger partial charge in [0.25, 0.3) is 6.43 Å². The van der Waals surface area contributed by atoms with E-state index in [9.17, 15) is 8.78 Å². The Bertz CT molecular complexity index is 602. The number of ether oxygens (including phenoxy) is 1. The predicted octanol–water partition coefficient (Wildman–Crippen LogP) is 2.86. The molecule has 2 rings (SSSR count). The van der Waals surface area contributed by atoms with E-state index in [-0.39, 0.29) is 16.9 Å². The summed E-state index contributed by atoms with van der Waals surface area (Å²) >= 11 is 0. The van der Waals surface area contributed by atoms with Gasteiger partial charge >= 0.3 is 0 Å². The van der Waals surface area contributed by atoms with Crippen LogP contribution in [-0.4, -0.2) is 12.1 Å². The van der Waals surface area contributed by atoms with E-state index in [1.165, 1.54) is 31.4 Å². The van der Waals surface area contributed by atoms with Crippen LogP contribution >= 0.6 is 0 Å². The van der Waals surface area contributed by atoms with E-state index < -0.39 is 6.43 Å². The molecule has 0 saturated carbocycles. The van der Waals surface area contributed by atoms with Crippen molar-refractivity contribution in [2.75, 3.05) is 18.6 Å². The van der Waals surface area contributed by atoms with Crippen molar-refractivity contribution in [2.45, 2.75) is 6.43 Å². The number of alkyl halides is 2. The number of pyridine rings is 1. The van der Waals surface area contributed by atoms with Crippen LogP contribution in [0, 0.1) is 0 Å². The number of rotatable bonds is 3. The summed E-state index contributed by atoms with van der Waals surface area (Å²) in [4.78, 5) is 4.03. The summed E-state index contributed by atoms with van der Waals surface area (Å²) in [5.74, 6) is 0.415. The number of benzene rings is 1. The molecule has 100 valence electrons. The van der Waals surface area contributed by atoms with Crippen molar-refractivity contribution < 1.29 is 13.5 Å². The van der Waals surface area contributed by atoms with Gasteiger partial charge in [0.05, 0.1) is 24.1 Å². The summed E-state index contributed by atoms with van der Waals surface area (Å²) < 4.78 is 31.3. The van der Waals surface area contributed by atoms with Crippen molar-refractivity contribution >= 4 is 11.5 Å². The van der Waals surface area contributed by atoms with Gasteiger partial charge in [-0.15, -0.1) is 0 Å². The summed E-state index contributed by atoms with van der Waals surface area (Å²) in [5, 5.41) is 0. The van der Waals surface area contributed by atoms with Gasteiger partial charge in [0.2, 0.25) is 0 Å². The molecule has 1 heterocycles. The smallest absolute Gasteiger partial charge is 0.264 e. The maximum Gasteiger partial charge on any atom is 0.264 e. The van der Waals surface area contributed by atoms with Gasteiger partial charge in [-0.3, -0.25) is 0 Å². The average Bonchev–Trinajstić information content (AvgIpc) is 2.41. The predicted molar refractivity (Wildman–Crippen MR) is 70.0 cm³/mol. The van der Waals surface area contributed by atoms with Gasteiger partial charge in [0, 0.05) is 5.56 Å². The van der Waals surface area contributed by atoms with Crippen molar-refractivity contribution in [3.63, 3.8) is 0 Å². The molecule has 0 aliphatic carbocycles. The molecule has 0 aliphatic heterocycles. The standard InChI is InChI=1S/C13H13F2N3O/c1-19-10-4-2-3-7(12(14)15)11(10)9-6-5-8(16)13(17)18-9/h2-6,12H,16H2,1H3,(H2,17,18).